The van der Waals surface area contributed by atoms with E-state index in [0.29, 0.717) is 24.7 Å². The third-order valence-electron chi connectivity index (χ3n) is 2.13. The number of thiophene rings is 1. The van der Waals surface area contributed by atoms with Crippen molar-refractivity contribution in [1.29, 1.82) is 0 Å². The van der Waals surface area contributed by atoms with Crippen molar-refractivity contribution < 1.29 is 9.26 Å². The Bertz CT molecular complexity index is 427. The van der Waals surface area contributed by atoms with Crippen LogP contribution in [0.25, 0.3) is 0 Å². The van der Waals surface area contributed by atoms with Gasteiger partial charge in [-0.05, 0) is 11.4 Å². The Balaban J connectivity index is 2.06. The van der Waals surface area contributed by atoms with E-state index in [1.54, 1.807) is 18.4 Å². The summed E-state index contributed by atoms with van der Waals surface area (Å²) in [5, 5.41) is 5.81. The summed E-state index contributed by atoms with van der Waals surface area (Å²) in [7, 11) is 1.64. The highest BCUT2D eigenvalue weighted by atomic mass is 32.1. The van der Waals surface area contributed by atoms with Gasteiger partial charge in [0.2, 0.25) is 5.89 Å². The van der Waals surface area contributed by atoms with Gasteiger partial charge >= 0.3 is 0 Å². The van der Waals surface area contributed by atoms with Crippen LogP contribution in [0.3, 0.4) is 0 Å². The summed E-state index contributed by atoms with van der Waals surface area (Å²) in [6, 6.07) is 3.57. The van der Waals surface area contributed by atoms with Crippen molar-refractivity contribution >= 4 is 11.3 Å². The molecule has 2 rings (SSSR count). The first kappa shape index (κ1) is 11.3. The van der Waals surface area contributed by atoms with Gasteiger partial charge in [0.1, 0.15) is 6.04 Å². The molecule has 2 N–H and O–H groups in total. The van der Waals surface area contributed by atoms with Crippen LogP contribution in [0.1, 0.15) is 22.6 Å². The topological polar surface area (TPSA) is 74.2 Å². The van der Waals surface area contributed by atoms with E-state index in [-0.39, 0.29) is 6.04 Å². The summed E-state index contributed by atoms with van der Waals surface area (Å²) in [6.07, 6.45) is 0.636. The van der Waals surface area contributed by atoms with E-state index in [1.807, 2.05) is 17.5 Å². The minimum Gasteiger partial charge on any atom is -0.384 e. The van der Waals surface area contributed by atoms with Gasteiger partial charge in [0, 0.05) is 18.4 Å². The quantitative estimate of drug-likeness (QED) is 0.853. The molecule has 0 amide bonds. The third kappa shape index (κ3) is 2.46. The van der Waals surface area contributed by atoms with Gasteiger partial charge in [0.15, 0.2) is 5.82 Å². The Morgan fingerprint density at radius 2 is 2.50 bits per heavy atom. The molecule has 0 aromatic carbocycles. The second kappa shape index (κ2) is 5.20. The van der Waals surface area contributed by atoms with Crippen LogP contribution in [-0.4, -0.2) is 23.9 Å². The molecule has 0 saturated carbocycles. The van der Waals surface area contributed by atoms with Crippen LogP contribution in [-0.2, 0) is 11.2 Å². The number of nitrogens with zero attached hydrogens (tertiary/aromatic N) is 2. The van der Waals surface area contributed by atoms with Gasteiger partial charge in [0.05, 0.1) is 6.61 Å². The van der Waals surface area contributed by atoms with Crippen LogP contribution < -0.4 is 5.73 Å². The van der Waals surface area contributed by atoms with Gasteiger partial charge in [-0.15, -0.1) is 11.3 Å². The standard InChI is InChI=1S/C10H13N3O2S/c1-14-5-4-8-12-10(15-13-8)9(11)7-3-2-6-16-7/h2-3,6,9H,4-5,11H2,1H3. The predicted octanol–water partition coefficient (Wildman–Crippen LogP) is 1.37. The van der Waals surface area contributed by atoms with Crippen LogP contribution in [0.15, 0.2) is 22.0 Å². The summed E-state index contributed by atoms with van der Waals surface area (Å²) in [5.74, 6) is 1.08. The smallest absolute Gasteiger partial charge is 0.248 e. The highest BCUT2D eigenvalue weighted by Crippen LogP contribution is 2.22. The zero-order valence-electron chi connectivity index (χ0n) is 8.92. The molecule has 2 aromatic heterocycles. The summed E-state index contributed by atoms with van der Waals surface area (Å²) < 4.78 is 10.0. The number of ether oxygens (including phenoxy) is 1. The van der Waals surface area contributed by atoms with Gasteiger partial charge in [-0.2, -0.15) is 4.98 Å². The Kier molecular flexibility index (Phi) is 3.66. The van der Waals surface area contributed by atoms with Crippen molar-refractivity contribution in [3.63, 3.8) is 0 Å². The molecule has 0 bridgehead atoms. The molecule has 0 saturated heterocycles. The molecule has 0 spiro atoms. The maximum atomic E-state index is 5.99. The Hall–Kier alpha value is -1.24. The monoisotopic (exact) mass is 239 g/mol. The van der Waals surface area contributed by atoms with E-state index in [4.69, 9.17) is 15.0 Å². The lowest BCUT2D eigenvalue weighted by Gasteiger charge is -2.01. The van der Waals surface area contributed by atoms with Crippen molar-refractivity contribution in [2.24, 2.45) is 5.73 Å². The second-order valence-electron chi connectivity index (χ2n) is 3.28. The molecular formula is C10H13N3O2S. The number of hydrogen-bond acceptors (Lipinski definition) is 6. The van der Waals surface area contributed by atoms with E-state index in [0.717, 1.165) is 4.88 Å². The molecule has 5 nitrogen and oxygen atoms in total. The van der Waals surface area contributed by atoms with Crippen LogP contribution in [0.5, 0.6) is 0 Å². The molecule has 0 aliphatic heterocycles. The largest absolute Gasteiger partial charge is 0.384 e. The normalized spacial score (nSPS) is 12.9. The average Bonchev–Trinajstić information content (AvgIpc) is 2.96. The summed E-state index contributed by atoms with van der Waals surface area (Å²) >= 11 is 1.58. The maximum Gasteiger partial charge on any atom is 0.248 e. The fourth-order valence-electron chi connectivity index (χ4n) is 1.28. The maximum absolute atomic E-state index is 5.99. The number of aromatic nitrogens is 2. The zero-order valence-corrected chi connectivity index (χ0v) is 9.74. The minimum absolute atomic E-state index is 0.330. The number of methoxy groups -OCH3 is 1. The second-order valence-corrected chi connectivity index (χ2v) is 4.26. The van der Waals surface area contributed by atoms with Gasteiger partial charge < -0.3 is 15.0 Å². The summed E-state index contributed by atoms with van der Waals surface area (Å²) in [5.41, 5.74) is 5.99. The lowest BCUT2D eigenvalue weighted by Crippen LogP contribution is -2.10. The van der Waals surface area contributed by atoms with Crippen LogP contribution in [0, 0.1) is 0 Å². The van der Waals surface area contributed by atoms with E-state index < -0.39 is 0 Å². The minimum atomic E-state index is -0.330. The van der Waals surface area contributed by atoms with Crippen molar-refractivity contribution in [2.75, 3.05) is 13.7 Å². The molecule has 6 heteroatoms. The van der Waals surface area contributed by atoms with Gasteiger partial charge in [-0.1, -0.05) is 11.2 Å². The molecule has 0 fully saturated rings. The summed E-state index contributed by atoms with van der Waals surface area (Å²) in [4.78, 5) is 5.24. The van der Waals surface area contributed by atoms with Gasteiger partial charge in [-0.3, -0.25) is 0 Å². The number of rotatable bonds is 5. The molecule has 0 aliphatic carbocycles. The fourth-order valence-corrected chi connectivity index (χ4v) is 2.00. The average molecular weight is 239 g/mol. The Morgan fingerprint density at radius 3 is 3.19 bits per heavy atom. The Morgan fingerprint density at radius 1 is 1.62 bits per heavy atom. The van der Waals surface area contributed by atoms with E-state index in [9.17, 15) is 0 Å². The molecule has 1 atom stereocenters. The molecule has 1 unspecified atom stereocenters. The van der Waals surface area contributed by atoms with Gasteiger partial charge in [0.25, 0.3) is 0 Å². The van der Waals surface area contributed by atoms with E-state index in [2.05, 4.69) is 10.1 Å². The summed E-state index contributed by atoms with van der Waals surface area (Å²) in [6.45, 7) is 0.577. The lowest BCUT2D eigenvalue weighted by atomic mass is 10.2. The first-order valence-electron chi connectivity index (χ1n) is 4.91. The van der Waals surface area contributed by atoms with E-state index in [1.165, 1.54) is 0 Å². The molecule has 2 aromatic rings. The molecule has 0 aliphatic rings. The third-order valence-corrected chi connectivity index (χ3v) is 3.08. The molecule has 0 radical (unpaired) electrons. The molecule has 2 heterocycles. The SMILES string of the molecule is COCCc1noc(C(N)c2cccs2)n1. The predicted molar refractivity (Wildman–Crippen MR) is 60.2 cm³/mol. The van der Waals surface area contributed by atoms with E-state index >= 15 is 0 Å². The first-order valence-corrected chi connectivity index (χ1v) is 5.79. The van der Waals surface area contributed by atoms with Crippen LogP contribution >= 0.6 is 11.3 Å². The molecule has 16 heavy (non-hydrogen) atoms. The fraction of sp³-hybridized carbons (Fsp3) is 0.400. The van der Waals surface area contributed by atoms with Crippen molar-refractivity contribution in [3.05, 3.63) is 34.1 Å². The molecular weight excluding hydrogens is 226 g/mol. The zero-order chi connectivity index (χ0) is 11.4. The van der Waals surface area contributed by atoms with Crippen molar-refractivity contribution in [3.8, 4) is 0 Å². The lowest BCUT2D eigenvalue weighted by molar-refractivity contribution is 0.199. The van der Waals surface area contributed by atoms with Crippen molar-refractivity contribution in [2.45, 2.75) is 12.5 Å². The molecule has 86 valence electrons. The first-order chi connectivity index (χ1) is 7.81. The van der Waals surface area contributed by atoms with Crippen LogP contribution in [0.4, 0.5) is 0 Å². The number of nitrogens with two attached hydrogens (primary N) is 1. The Labute approximate surface area is 97.2 Å². The van der Waals surface area contributed by atoms with Crippen molar-refractivity contribution in [1.82, 2.24) is 10.1 Å². The highest BCUT2D eigenvalue weighted by Gasteiger charge is 2.17. The number of hydrogen-bond donors (Lipinski definition) is 1. The van der Waals surface area contributed by atoms with Gasteiger partial charge in [-0.25, -0.2) is 0 Å². The highest BCUT2D eigenvalue weighted by molar-refractivity contribution is 7.10. The van der Waals surface area contributed by atoms with Crippen LogP contribution in [0.2, 0.25) is 0 Å².